The van der Waals surface area contributed by atoms with Gasteiger partial charge < -0.3 is 10.6 Å². The molecule has 0 radical (unpaired) electrons. The van der Waals surface area contributed by atoms with Crippen LogP contribution in [0.3, 0.4) is 0 Å². The molecule has 0 unspecified atom stereocenters. The zero-order chi connectivity index (χ0) is 16.1. The quantitative estimate of drug-likeness (QED) is 0.802. The highest BCUT2D eigenvalue weighted by Crippen LogP contribution is 2.23. The van der Waals surface area contributed by atoms with Crippen LogP contribution in [-0.2, 0) is 4.79 Å². The molecule has 2 aromatic rings. The maximum Gasteiger partial charge on any atom is 0.226 e. The fourth-order valence-corrected chi connectivity index (χ4v) is 2.87. The van der Waals surface area contributed by atoms with Gasteiger partial charge in [0, 0.05) is 28.8 Å². The van der Waals surface area contributed by atoms with Gasteiger partial charge in [-0.1, -0.05) is 23.8 Å². The molecule has 0 aromatic heterocycles. The summed E-state index contributed by atoms with van der Waals surface area (Å²) in [5.74, 6) is 0.0164. The number of halogens is 1. The third-order valence-corrected chi connectivity index (χ3v) is 4.10. The second-order valence-corrected chi connectivity index (χ2v) is 6.38. The number of nitrogens with one attached hydrogen (secondary N) is 2. The Balaban J connectivity index is 1.85. The lowest BCUT2D eigenvalue weighted by Gasteiger charge is -2.11. The van der Waals surface area contributed by atoms with Gasteiger partial charge in [-0.3, -0.25) is 4.79 Å². The molecule has 116 valence electrons. The molecule has 0 aliphatic heterocycles. The summed E-state index contributed by atoms with van der Waals surface area (Å²) >= 11 is 3.52. The number of anilines is 2. The molecule has 4 heteroatoms. The summed E-state index contributed by atoms with van der Waals surface area (Å²) in [6, 6.07) is 12.1. The number of rotatable bonds is 5. The minimum atomic E-state index is 0.0164. The Bertz CT molecular complexity index is 683. The van der Waals surface area contributed by atoms with Gasteiger partial charge in [0.15, 0.2) is 0 Å². The van der Waals surface area contributed by atoms with E-state index in [9.17, 15) is 4.79 Å². The van der Waals surface area contributed by atoms with E-state index >= 15 is 0 Å². The van der Waals surface area contributed by atoms with E-state index < -0.39 is 0 Å². The van der Waals surface area contributed by atoms with E-state index in [1.807, 2.05) is 45.0 Å². The highest BCUT2D eigenvalue weighted by Gasteiger charge is 2.05. The first kappa shape index (κ1) is 16.6. The molecule has 3 nitrogen and oxygen atoms in total. The van der Waals surface area contributed by atoms with Crippen molar-refractivity contribution in [2.75, 3.05) is 17.2 Å². The number of hydrogen-bond acceptors (Lipinski definition) is 2. The normalized spacial score (nSPS) is 10.4. The monoisotopic (exact) mass is 360 g/mol. The molecule has 2 rings (SSSR count). The van der Waals surface area contributed by atoms with E-state index in [1.54, 1.807) is 0 Å². The van der Waals surface area contributed by atoms with E-state index in [2.05, 4.69) is 38.7 Å². The number of aryl methyl sites for hydroxylation is 3. The van der Waals surface area contributed by atoms with E-state index in [0.717, 1.165) is 21.4 Å². The third kappa shape index (κ3) is 4.60. The molecule has 0 saturated heterocycles. The van der Waals surface area contributed by atoms with Crippen LogP contribution < -0.4 is 10.6 Å². The number of amides is 1. The molecule has 0 aliphatic rings. The fraction of sp³-hybridized carbons (Fsp3) is 0.278. The molecule has 0 spiro atoms. The predicted octanol–water partition coefficient (Wildman–Crippen LogP) is 4.82. The van der Waals surface area contributed by atoms with Crippen molar-refractivity contribution in [2.24, 2.45) is 0 Å². The maximum absolute atomic E-state index is 12.0. The Morgan fingerprint density at radius 3 is 2.27 bits per heavy atom. The standard InChI is InChI=1S/C18H21BrN2O/c1-12-4-6-16(14(3)10-12)21-18(22)8-9-20-17-7-5-13(2)11-15(17)19/h4-7,10-11,20H,8-9H2,1-3H3,(H,21,22). The van der Waals surface area contributed by atoms with Crippen LogP contribution in [0.2, 0.25) is 0 Å². The van der Waals surface area contributed by atoms with Gasteiger partial charge in [0.05, 0.1) is 0 Å². The molecular weight excluding hydrogens is 340 g/mol. The Morgan fingerprint density at radius 2 is 1.64 bits per heavy atom. The van der Waals surface area contributed by atoms with Crippen molar-refractivity contribution in [1.82, 2.24) is 0 Å². The second kappa shape index (κ2) is 7.45. The van der Waals surface area contributed by atoms with Crippen LogP contribution in [0.5, 0.6) is 0 Å². The van der Waals surface area contributed by atoms with Gasteiger partial charge in [0.2, 0.25) is 5.91 Å². The lowest BCUT2D eigenvalue weighted by molar-refractivity contribution is -0.115. The summed E-state index contributed by atoms with van der Waals surface area (Å²) in [6.07, 6.45) is 0.424. The Hall–Kier alpha value is -1.81. The van der Waals surface area contributed by atoms with Crippen LogP contribution in [0.4, 0.5) is 11.4 Å². The zero-order valence-electron chi connectivity index (χ0n) is 13.2. The van der Waals surface area contributed by atoms with Crippen molar-refractivity contribution < 1.29 is 4.79 Å². The van der Waals surface area contributed by atoms with Crippen molar-refractivity contribution >= 4 is 33.2 Å². The molecule has 0 bridgehead atoms. The van der Waals surface area contributed by atoms with E-state index in [4.69, 9.17) is 0 Å². The Labute approximate surface area is 140 Å². The first-order chi connectivity index (χ1) is 10.5. The van der Waals surface area contributed by atoms with Crippen molar-refractivity contribution in [1.29, 1.82) is 0 Å². The lowest BCUT2D eigenvalue weighted by Crippen LogP contribution is -2.17. The SMILES string of the molecule is Cc1ccc(NC(=O)CCNc2ccc(C)cc2Br)c(C)c1. The molecular formula is C18H21BrN2O. The second-order valence-electron chi connectivity index (χ2n) is 5.53. The average molecular weight is 361 g/mol. The molecule has 0 heterocycles. The minimum Gasteiger partial charge on any atom is -0.384 e. The van der Waals surface area contributed by atoms with Gasteiger partial charge >= 0.3 is 0 Å². The van der Waals surface area contributed by atoms with Gasteiger partial charge in [-0.05, 0) is 66.0 Å². The number of benzene rings is 2. The van der Waals surface area contributed by atoms with E-state index in [1.165, 1.54) is 11.1 Å². The summed E-state index contributed by atoms with van der Waals surface area (Å²) < 4.78 is 1.02. The molecule has 0 saturated carbocycles. The summed E-state index contributed by atoms with van der Waals surface area (Å²) in [5, 5.41) is 6.23. The average Bonchev–Trinajstić information content (AvgIpc) is 2.44. The molecule has 2 N–H and O–H groups in total. The molecule has 1 amide bonds. The largest absolute Gasteiger partial charge is 0.384 e. The number of carbonyl (C=O) groups is 1. The van der Waals surface area contributed by atoms with Gasteiger partial charge in [0.1, 0.15) is 0 Å². The minimum absolute atomic E-state index is 0.0164. The van der Waals surface area contributed by atoms with Crippen LogP contribution >= 0.6 is 15.9 Å². The number of carbonyl (C=O) groups excluding carboxylic acids is 1. The number of hydrogen-bond donors (Lipinski definition) is 2. The summed E-state index contributed by atoms with van der Waals surface area (Å²) in [7, 11) is 0. The zero-order valence-corrected chi connectivity index (χ0v) is 14.8. The topological polar surface area (TPSA) is 41.1 Å². The molecule has 0 aliphatic carbocycles. The Kier molecular flexibility index (Phi) is 5.61. The molecule has 0 fully saturated rings. The van der Waals surface area contributed by atoms with Crippen LogP contribution in [0.15, 0.2) is 40.9 Å². The van der Waals surface area contributed by atoms with Crippen molar-refractivity contribution in [2.45, 2.75) is 27.2 Å². The van der Waals surface area contributed by atoms with Gasteiger partial charge in [-0.2, -0.15) is 0 Å². The van der Waals surface area contributed by atoms with Crippen molar-refractivity contribution in [3.8, 4) is 0 Å². The summed E-state index contributed by atoms with van der Waals surface area (Å²) in [4.78, 5) is 12.0. The van der Waals surface area contributed by atoms with E-state index in [-0.39, 0.29) is 5.91 Å². The van der Waals surface area contributed by atoms with Crippen molar-refractivity contribution in [3.05, 3.63) is 57.6 Å². The van der Waals surface area contributed by atoms with Gasteiger partial charge in [-0.25, -0.2) is 0 Å². The highest BCUT2D eigenvalue weighted by atomic mass is 79.9. The maximum atomic E-state index is 12.0. The van der Waals surface area contributed by atoms with Gasteiger partial charge in [0.25, 0.3) is 0 Å². The summed E-state index contributed by atoms with van der Waals surface area (Å²) in [6.45, 7) is 6.69. The molecule has 22 heavy (non-hydrogen) atoms. The van der Waals surface area contributed by atoms with Crippen LogP contribution in [-0.4, -0.2) is 12.5 Å². The van der Waals surface area contributed by atoms with Crippen LogP contribution in [0, 0.1) is 20.8 Å². The van der Waals surface area contributed by atoms with Crippen molar-refractivity contribution in [3.63, 3.8) is 0 Å². The van der Waals surface area contributed by atoms with E-state index in [0.29, 0.717) is 13.0 Å². The van der Waals surface area contributed by atoms with Crippen LogP contribution in [0.25, 0.3) is 0 Å². The molecule has 2 aromatic carbocycles. The molecule has 0 atom stereocenters. The first-order valence-corrected chi connectivity index (χ1v) is 8.12. The van der Waals surface area contributed by atoms with Gasteiger partial charge in [-0.15, -0.1) is 0 Å². The Morgan fingerprint density at radius 1 is 1.00 bits per heavy atom. The summed E-state index contributed by atoms with van der Waals surface area (Å²) in [5.41, 5.74) is 5.37. The highest BCUT2D eigenvalue weighted by molar-refractivity contribution is 9.10. The third-order valence-electron chi connectivity index (χ3n) is 3.45. The first-order valence-electron chi connectivity index (χ1n) is 7.33. The fourth-order valence-electron chi connectivity index (χ4n) is 2.24. The lowest BCUT2D eigenvalue weighted by atomic mass is 10.1. The smallest absolute Gasteiger partial charge is 0.226 e. The van der Waals surface area contributed by atoms with Crippen LogP contribution in [0.1, 0.15) is 23.1 Å². The predicted molar refractivity (Wildman–Crippen MR) is 96.5 cm³/mol.